The molecule has 6 aromatic rings. The van der Waals surface area contributed by atoms with Gasteiger partial charge in [0.1, 0.15) is 18.2 Å². The number of nitrogens with zero attached hydrogens (tertiary/aromatic N) is 1. The highest BCUT2D eigenvalue weighted by Crippen LogP contribution is 2.40. The maximum atomic E-state index is 6.58. The van der Waals surface area contributed by atoms with Crippen molar-refractivity contribution in [3.8, 4) is 11.3 Å². The number of hydrogen-bond acceptors (Lipinski definition) is 1. The van der Waals surface area contributed by atoms with E-state index >= 15 is 0 Å². The van der Waals surface area contributed by atoms with E-state index in [9.17, 15) is 0 Å². The van der Waals surface area contributed by atoms with Crippen LogP contribution in [0.5, 0.6) is 0 Å². The van der Waals surface area contributed by atoms with E-state index in [2.05, 4.69) is 111 Å². The van der Waals surface area contributed by atoms with E-state index in [-0.39, 0.29) is 0 Å². The third kappa shape index (κ3) is 2.76. The van der Waals surface area contributed by atoms with Gasteiger partial charge in [-0.3, -0.25) is 0 Å². The molecular weight excluding hydrogens is 390 g/mol. The molecule has 2 aromatic heterocycles. The molecule has 0 amide bonds. The first-order valence-corrected chi connectivity index (χ1v) is 11.3. The van der Waals surface area contributed by atoms with Crippen molar-refractivity contribution in [3.63, 3.8) is 0 Å². The van der Waals surface area contributed by atoms with Gasteiger partial charge in [0.25, 0.3) is 0 Å². The number of aromatic nitrogens is 1. The Balaban J connectivity index is 1.72. The summed E-state index contributed by atoms with van der Waals surface area (Å²) in [7, 11) is 2.13. The first-order valence-electron chi connectivity index (χ1n) is 11.3. The minimum Gasteiger partial charge on any atom is -0.455 e. The lowest BCUT2D eigenvalue weighted by atomic mass is 9.94. The van der Waals surface area contributed by atoms with Gasteiger partial charge in [-0.15, -0.1) is 0 Å². The zero-order valence-electron chi connectivity index (χ0n) is 18.9. The average Bonchev–Trinajstić information content (AvgIpc) is 3.15. The van der Waals surface area contributed by atoms with Crippen LogP contribution in [0.3, 0.4) is 0 Å². The molecule has 0 atom stereocenters. The topological polar surface area (TPSA) is 17.0 Å². The number of benzene rings is 4. The van der Waals surface area contributed by atoms with Crippen molar-refractivity contribution in [2.45, 2.75) is 26.7 Å². The van der Waals surface area contributed by atoms with E-state index in [0.29, 0.717) is 5.92 Å². The number of fused-ring (bicyclic) bond motifs is 5. The molecule has 2 heteroatoms. The first kappa shape index (κ1) is 19.1. The Labute approximate surface area is 187 Å². The molecule has 4 aromatic carbocycles. The predicted molar refractivity (Wildman–Crippen MR) is 134 cm³/mol. The SMILES string of the molecule is Cc1ccc2c(oc3cc4ccccc4cc32)c1-c1c2ccc(C(C)C)cc2cc[n+]1C. The third-order valence-electron chi connectivity index (χ3n) is 6.78. The fourth-order valence-electron chi connectivity index (χ4n) is 4.98. The molecular formula is C30H26NO+. The second-order valence-electron chi connectivity index (χ2n) is 9.21. The third-order valence-corrected chi connectivity index (χ3v) is 6.78. The van der Waals surface area contributed by atoms with Gasteiger partial charge < -0.3 is 4.42 Å². The van der Waals surface area contributed by atoms with Gasteiger partial charge in [0.05, 0.1) is 10.9 Å². The normalized spacial score (nSPS) is 12.0. The Morgan fingerprint density at radius 2 is 1.50 bits per heavy atom. The number of furan rings is 1. The molecule has 0 spiro atoms. The summed E-state index contributed by atoms with van der Waals surface area (Å²) in [6.45, 7) is 6.67. The van der Waals surface area contributed by atoms with Crippen LogP contribution in [0.25, 0.3) is 54.7 Å². The molecule has 0 fully saturated rings. The highest BCUT2D eigenvalue weighted by molar-refractivity contribution is 6.14. The number of rotatable bonds is 2. The van der Waals surface area contributed by atoms with Gasteiger partial charge in [0, 0.05) is 16.8 Å². The molecule has 156 valence electrons. The summed E-state index contributed by atoms with van der Waals surface area (Å²) in [5, 5.41) is 7.30. The Hall–Kier alpha value is -3.65. The van der Waals surface area contributed by atoms with Crippen molar-refractivity contribution in [1.82, 2.24) is 0 Å². The van der Waals surface area contributed by atoms with Crippen molar-refractivity contribution in [3.05, 3.63) is 90.1 Å². The van der Waals surface area contributed by atoms with Gasteiger partial charge in [0.2, 0.25) is 5.69 Å². The Morgan fingerprint density at radius 3 is 2.28 bits per heavy atom. The fraction of sp³-hybridized carbons (Fsp3) is 0.167. The van der Waals surface area contributed by atoms with Gasteiger partial charge >= 0.3 is 0 Å². The lowest BCUT2D eigenvalue weighted by molar-refractivity contribution is -0.659. The number of pyridine rings is 1. The summed E-state index contributed by atoms with van der Waals surface area (Å²) < 4.78 is 8.80. The molecule has 0 saturated heterocycles. The maximum Gasteiger partial charge on any atom is 0.224 e. The fourth-order valence-corrected chi connectivity index (χ4v) is 4.98. The van der Waals surface area contributed by atoms with E-state index in [1.807, 2.05) is 0 Å². The van der Waals surface area contributed by atoms with Crippen LogP contribution in [0, 0.1) is 6.92 Å². The van der Waals surface area contributed by atoms with Gasteiger partial charge in [-0.2, -0.15) is 0 Å². The first-order chi connectivity index (χ1) is 15.5. The van der Waals surface area contributed by atoms with Crippen molar-refractivity contribution >= 4 is 43.5 Å². The molecule has 2 heterocycles. The van der Waals surface area contributed by atoms with E-state index in [1.54, 1.807) is 0 Å². The number of hydrogen-bond donors (Lipinski definition) is 0. The van der Waals surface area contributed by atoms with Crippen molar-refractivity contribution in [2.75, 3.05) is 0 Å². The summed E-state index contributed by atoms with van der Waals surface area (Å²) in [5.74, 6) is 0.506. The predicted octanol–water partition coefficient (Wildman–Crippen LogP) is 7.82. The van der Waals surface area contributed by atoms with Crippen LogP contribution >= 0.6 is 0 Å². The highest BCUT2D eigenvalue weighted by atomic mass is 16.3. The minimum atomic E-state index is 0.506. The summed E-state index contributed by atoms with van der Waals surface area (Å²) >= 11 is 0. The van der Waals surface area contributed by atoms with Crippen LogP contribution in [-0.4, -0.2) is 0 Å². The van der Waals surface area contributed by atoms with Gasteiger partial charge in [0.15, 0.2) is 6.20 Å². The summed E-state index contributed by atoms with van der Waals surface area (Å²) in [6.07, 6.45) is 2.16. The lowest BCUT2D eigenvalue weighted by Crippen LogP contribution is -2.30. The van der Waals surface area contributed by atoms with Crippen LogP contribution < -0.4 is 4.57 Å². The molecule has 0 aliphatic heterocycles. The molecule has 0 saturated carbocycles. The van der Waals surface area contributed by atoms with Crippen molar-refractivity contribution in [2.24, 2.45) is 7.05 Å². The monoisotopic (exact) mass is 416 g/mol. The molecule has 0 radical (unpaired) electrons. The summed E-state index contributed by atoms with van der Waals surface area (Å²) in [4.78, 5) is 0. The summed E-state index contributed by atoms with van der Waals surface area (Å²) in [6, 6.07) is 26.4. The van der Waals surface area contributed by atoms with E-state index in [0.717, 1.165) is 11.2 Å². The summed E-state index contributed by atoms with van der Waals surface area (Å²) in [5.41, 5.74) is 6.86. The van der Waals surface area contributed by atoms with Gasteiger partial charge in [-0.05, 0) is 58.3 Å². The Morgan fingerprint density at radius 1 is 0.750 bits per heavy atom. The molecule has 0 aliphatic rings. The second kappa shape index (κ2) is 6.93. The minimum absolute atomic E-state index is 0.506. The molecule has 2 nitrogen and oxygen atoms in total. The van der Waals surface area contributed by atoms with Crippen LogP contribution in [0.1, 0.15) is 30.9 Å². The van der Waals surface area contributed by atoms with E-state index < -0.39 is 0 Å². The van der Waals surface area contributed by atoms with Crippen LogP contribution in [0.2, 0.25) is 0 Å². The molecule has 6 rings (SSSR count). The van der Waals surface area contributed by atoms with Crippen molar-refractivity contribution in [1.29, 1.82) is 0 Å². The smallest absolute Gasteiger partial charge is 0.224 e. The molecule has 0 aliphatic carbocycles. The highest BCUT2D eigenvalue weighted by Gasteiger charge is 2.23. The largest absolute Gasteiger partial charge is 0.455 e. The van der Waals surface area contributed by atoms with E-state index in [4.69, 9.17) is 4.42 Å². The zero-order chi connectivity index (χ0) is 22.0. The molecule has 0 unspecified atom stereocenters. The Kier molecular flexibility index (Phi) is 4.13. The number of aryl methyl sites for hydroxylation is 2. The lowest BCUT2D eigenvalue weighted by Gasteiger charge is -2.11. The van der Waals surface area contributed by atoms with Crippen LogP contribution in [-0.2, 0) is 7.05 Å². The van der Waals surface area contributed by atoms with Gasteiger partial charge in [-0.1, -0.05) is 62.4 Å². The second-order valence-corrected chi connectivity index (χ2v) is 9.21. The quantitative estimate of drug-likeness (QED) is 0.263. The van der Waals surface area contributed by atoms with Crippen LogP contribution in [0.15, 0.2) is 83.4 Å². The molecule has 0 bridgehead atoms. The molecule has 0 N–H and O–H groups in total. The van der Waals surface area contributed by atoms with Crippen LogP contribution in [0.4, 0.5) is 0 Å². The van der Waals surface area contributed by atoms with Crippen molar-refractivity contribution < 1.29 is 8.98 Å². The standard InChI is InChI=1S/C30H26NO/c1-18(2)20-10-12-24-23(15-20)13-14-31(4)29(24)28-19(3)9-11-25-26-16-21-7-5-6-8-22(21)17-27(26)32-30(25)28/h5-18H,1-4H3/q+1. The average molecular weight is 417 g/mol. The Bertz CT molecular complexity index is 1670. The maximum absolute atomic E-state index is 6.58. The van der Waals surface area contributed by atoms with E-state index in [1.165, 1.54) is 54.7 Å². The molecule has 32 heavy (non-hydrogen) atoms. The zero-order valence-corrected chi connectivity index (χ0v) is 18.9. The van der Waals surface area contributed by atoms with Gasteiger partial charge in [-0.25, -0.2) is 4.57 Å².